The molecule has 0 aliphatic carbocycles. The molecule has 1 N–H and O–H groups in total. The number of carbonyl (C=O) groups excluding carboxylic acids is 1. The number of fused-ring (bicyclic) bond motifs is 1. The van der Waals surface area contributed by atoms with Crippen molar-refractivity contribution in [2.75, 3.05) is 32.5 Å². The highest BCUT2D eigenvalue weighted by atomic mass is 32.1. The minimum absolute atomic E-state index is 0.125. The zero-order valence-electron chi connectivity index (χ0n) is 15.6. The number of thiazole rings is 1. The Bertz CT molecular complexity index is 1040. The van der Waals surface area contributed by atoms with Gasteiger partial charge in [0.25, 0.3) is 0 Å². The first-order valence-electron chi connectivity index (χ1n) is 8.99. The van der Waals surface area contributed by atoms with Gasteiger partial charge < -0.3 is 15.1 Å². The summed E-state index contributed by atoms with van der Waals surface area (Å²) >= 11 is 1.39. The molecule has 2 heterocycles. The fourth-order valence-electron chi connectivity index (χ4n) is 3.31. The van der Waals surface area contributed by atoms with Crippen molar-refractivity contribution in [2.45, 2.75) is 12.5 Å². The maximum Gasteiger partial charge on any atom is 0.321 e. The number of amides is 2. The number of aromatic nitrogens is 1. The number of nitrogens with zero attached hydrogens (tertiary/aromatic N) is 3. The van der Waals surface area contributed by atoms with E-state index in [9.17, 15) is 13.6 Å². The molecule has 1 unspecified atom stereocenters. The summed E-state index contributed by atoms with van der Waals surface area (Å²) in [5.74, 6) is -1.78. The van der Waals surface area contributed by atoms with Crippen molar-refractivity contribution in [3.8, 4) is 10.6 Å². The largest absolute Gasteiger partial charge is 0.323 e. The number of carbonyl (C=O) groups is 1. The molecular formula is C20H20F2N4OS. The molecule has 0 bridgehead atoms. The average Bonchev–Trinajstić information content (AvgIpc) is 3.30. The quantitative estimate of drug-likeness (QED) is 0.706. The summed E-state index contributed by atoms with van der Waals surface area (Å²) in [6.45, 7) is 1.44. The molecule has 1 saturated heterocycles. The molecule has 0 spiro atoms. The minimum Gasteiger partial charge on any atom is -0.323 e. The molecule has 28 heavy (non-hydrogen) atoms. The predicted octanol–water partition coefficient (Wildman–Crippen LogP) is 4.41. The smallest absolute Gasteiger partial charge is 0.321 e. The first-order chi connectivity index (χ1) is 13.4. The molecule has 1 aromatic heterocycles. The Hall–Kier alpha value is -2.58. The number of anilines is 1. The maximum absolute atomic E-state index is 13.5. The van der Waals surface area contributed by atoms with E-state index in [4.69, 9.17) is 0 Å². The second kappa shape index (κ2) is 7.44. The van der Waals surface area contributed by atoms with Crippen LogP contribution in [0.5, 0.6) is 0 Å². The third kappa shape index (κ3) is 3.70. The van der Waals surface area contributed by atoms with Crippen LogP contribution in [0, 0.1) is 11.6 Å². The van der Waals surface area contributed by atoms with Crippen LogP contribution in [-0.2, 0) is 0 Å². The van der Waals surface area contributed by atoms with Crippen molar-refractivity contribution in [1.29, 1.82) is 0 Å². The second-order valence-corrected chi connectivity index (χ2v) is 8.14. The van der Waals surface area contributed by atoms with E-state index in [0.717, 1.165) is 29.8 Å². The van der Waals surface area contributed by atoms with Crippen LogP contribution < -0.4 is 5.32 Å². The Morgan fingerprint density at radius 1 is 1.21 bits per heavy atom. The van der Waals surface area contributed by atoms with Gasteiger partial charge in [-0.25, -0.2) is 18.6 Å². The molecule has 146 valence electrons. The molecule has 1 fully saturated rings. The predicted molar refractivity (Wildman–Crippen MR) is 108 cm³/mol. The fraction of sp³-hybridized carbons (Fsp3) is 0.300. The van der Waals surface area contributed by atoms with Crippen LogP contribution in [0.15, 0.2) is 36.4 Å². The second-order valence-electron chi connectivity index (χ2n) is 7.11. The number of urea groups is 1. The molecule has 3 aromatic rings. The number of likely N-dealkylation sites (tertiary alicyclic amines) is 1. The molecule has 1 aliphatic rings. The third-order valence-electron chi connectivity index (χ3n) is 4.99. The SMILES string of the molecule is CN(C)C1CCN(C(=O)Nc2ccc3sc(-c4ccc(F)c(F)c4)nc3c2)C1. The van der Waals surface area contributed by atoms with Gasteiger partial charge in [-0.15, -0.1) is 11.3 Å². The zero-order valence-corrected chi connectivity index (χ0v) is 16.4. The van der Waals surface area contributed by atoms with Gasteiger partial charge in [-0.1, -0.05) is 0 Å². The van der Waals surface area contributed by atoms with E-state index in [-0.39, 0.29) is 6.03 Å². The first-order valence-corrected chi connectivity index (χ1v) is 9.81. The summed E-state index contributed by atoms with van der Waals surface area (Å²) < 4.78 is 27.6. The summed E-state index contributed by atoms with van der Waals surface area (Å²) in [4.78, 5) is 21.0. The van der Waals surface area contributed by atoms with Gasteiger partial charge in [-0.3, -0.25) is 0 Å². The lowest BCUT2D eigenvalue weighted by Crippen LogP contribution is -2.36. The molecule has 8 heteroatoms. The maximum atomic E-state index is 13.5. The minimum atomic E-state index is -0.897. The van der Waals surface area contributed by atoms with Gasteiger partial charge in [0.1, 0.15) is 5.01 Å². The molecule has 2 amide bonds. The molecule has 1 atom stereocenters. The third-order valence-corrected chi connectivity index (χ3v) is 6.07. The highest BCUT2D eigenvalue weighted by molar-refractivity contribution is 7.21. The van der Waals surface area contributed by atoms with Crippen molar-refractivity contribution in [1.82, 2.24) is 14.8 Å². The Labute approximate surface area is 165 Å². The van der Waals surface area contributed by atoms with E-state index >= 15 is 0 Å². The molecule has 5 nitrogen and oxygen atoms in total. The standard InChI is InChI=1S/C20H20F2N4OS/c1-25(2)14-7-8-26(11-14)20(27)23-13-4-6-18-17(10-13)24-19(28-18)12-3-5-15(21)16(22)9-12/h3-6,9-10,14H,7-8,11H2,1-2H3,(H,23,27). The van der Waals surface area contributed by atoms with Crippen LogP contribution >= 0.6 is 11.3 Å². The van der Waals surface area contributed by atoms with Crippen LogP contribution in [0.3, 0.4) is 0 Å². The Kier molecular flexibility index (Phi) is 4.99. The number of hydrogen-bond acceptors (Lipinski definition) is 4. The summed E-state index contributed by atoms with van der Waals surface area (Å²) in [7, 11) is 4.04. The van der Waals surface area contributed by atoms with Gasteiger partial charge in [-0.05, 0) is 56.9 Å². The van der Waals surface area contributed by atoms with E-state index in [0.29, 0.717) is 34.4 Å². The molecule has 2 aromatic carbocycles. The first kappa shape index (κ1) is 18.8. The monoisotopic (exact) mass is 402 g/mol. The summed E-state index contributed by atoms with van der Waals surface area (Å²) in [6, 6.07) is 9.50. The fourth-order valence-corrected chi connectivity index (χ4v) is 4.25. The number of rotatable bonds is 3. The van der Waals surface area contributed by atoms with Crippen molar-refractivity contribution in [2.24, 2.45) is 0 Å². The highest BCUT2D eigenvalue weighted by Crippen LogP contribution is 2.32. The molecule has 4 rings (SSSR count). The summed E-state index contributed by atoms with van der Waals surface area (Å²) in [5.41, 5.74) is 1.89. The number of benzene rings is 2. The zero-order chi connectivity index (χ0) is 19.8. The average molecular weight is 402 g/mol. The van der Waals surface area contributed by atoms with Gasteiger partial charge in [0, 0.05) is 30.4 Å². The van der Waals surface area contributed by atoms with Crippen LogP contribution in [0.25, 0.3) is 20.8 Å². The van der Waals surface area contributed by atoms with Gasteiger partial charge in [0.05, 0.1) is 10.2 Å². The van der Waals surface area contributed by atoms with Crippen molar-refractivity contribution < 1.29 is 13.6 Å². The van der Waals surface area contributed by atoms with Crippen LogP contribution in [-0.4, -0.2) is 54.0 Å². The van der Waals surface area contributed by atoms with Crippen LogP contribution in [0.4, 0.5) is 19.3 Å². The molecular weight excluding hydrogens is 382 g/mol. The summed E-state index contributed by atoms with van der Waals surface area (Å²) in [5, 5.41) is 3.53. The van der Waals surface area contributed by atoms with Gasteiger partial charge in [0.15, 0.2) is 11.6 Å². The Balaban J connectivity index is 1.52. The Morgan fingerprint density at radius 2 is 2.04 bits per heavy atom. The number of likely N-dealkylation sites (N-methyl/N-ethyl adjacent to an activating group) is 1. The van der Waals surface area contributed by atoms with Gasteiger partial charge in [-0.2, -0.15) is 0 Å². The van der Waals surface area contributed by atoms with E-state index < -0.39 is 11.6 Å². The van der Waals surface area contributed by atoms with E-state index in [2.05, 4.69) is 15.2 Å². The van der Waals surface area contributed by atoms with Crippen LogP contribution in [0.1, 0.15) is 6.42 Å². The molecule has 0 saturated carbocycles. The van der Waals surface area contributed by atoms with Crippen LogP contribution in [0.2, 0.25) is 0 Å². The lowest BCUT2D eigenvalue weighted by molar-refractivity contribution is 0.216. The molecule has 1 aliphatic heterocycles. The topological polar surface area (TPSA) is 48.5 Å². The van der Waals surface area contributed by atoms with Gasteiger partial charge in [0.2, 0.25) is 0 Å². The Morgan fingerprint density at radius 3 is 2.75 bits per heavy atom. The van der Waals surface area contributed by atoms with Crippen molar-refractivity contribution in [3.05, 3.63) is 48.0 Å². The van der Waals surface area contributed by atoms with Crippen molar-refractivity contribution >= 4 is 33.3 Å². The summed E-state index contributed by atoms with van der Waals surface area (Å²) in [6.07, 6.45) is 0.961. The lowest BCUT2D eigenvalue weighted by atomic mass is 10.2. The number of nitrogens with one attached hydrogen (secondary N) is 1. The number of halogens is 2. The highest BCUT2D eigenvalue weighted by Gasteiger charge is 2.27. The lowest BCUT2D eigenvalue weighted by Gasteiger charge is -2.20. The van der Waals surface area contributed by atoms with E-state index in [1.54, 1.807) is 6.07 Å². The van der Waals surface area contributed by atoms with E-state index in [1.165, 1.54) is 17.4 Å². The molecule has 0 radical (unpaired) electrons. The van der Waals surface area contributed by atoms with Crippen molar-refractivity contribution in [3.63, 3.8) is 0 Å². The number of hydrogen-bond donors (Lipinski definition) is 1. The van der Waals surface area contributed by atoms with Gasteiger partial charge >= 0.3 is 6.03 Å². The normalized spacial score (nSPS) is 16.9. The van der Waals surface area contributed by atoms with E-state index in [1.807, 2.05) is 31.1 Å².